The van der Waals surface area contributed by atoms with Crippen molar-refractivity contribution in [2.24, 2.45) is 0 Å². The van der Waals surface area contributed by atoms with Gasteiger partial charge in [-0.1, -0.05) is 50.1 Å². The first-order chi connectivity index (χ1) is 9.65. The summed E-state index contributed by atoms with van der Waals surface area (Å²) in [5.74, 6) is 0.132. The lowest BCUT2D eigenvalue weighted by Crippen LogP contribution is -2.04. The summed E-state index contributed by atoms with van der Waals surface area (Å²) < 4.78 is 3.02. The van der Waals surface area contributed by atoms with E-state index in [0.29, 0.717) is 6.42 Å². The average molecular weight is 410 g/mol. The Bertz CT molecular complexity index is 792. The van der Waals surface area contributed by atoms with E-state index in [9.17, 15) is 4.79 Å². The topological polar surface area (TPSA) is 17.1 Å². The van der Waals surface area contributed by atoms with Crippen LogP contribution in [-0.2, 0) is 6.42 Å². The van der Waals surface area contributed by atoms with Crippen LogP contribution in [0.25, 0.3) is 10.1 Å². The minimum absolute atomic E-state index is 0.132. The molecular formula is C16H10Br2OS. The van der Waals surface area contributed by atoms with Crippen LogP contribution >= 0.6 is 43.2 Å². The Labute approximate surface area is 137 Å². The van der Waals surface area contributed by atoms with Gasteiger partial charge in [0.05, 0.1) is 0 Å². The summed E-state index contributed by atoms with van der Waals surface area (Å²) in [5.41, 5.74) is 1.83. The lowest BCUT2D eigenvalue weighted by Gasteiger charge is -2.04. The molecule has 0 aliphatic carbocycles. The van der Waals surface area contributed by atoms with E-state index >= 15 is 0 Å². The Balaban J connectivity index is 1.92. The van der Waals surface area contributed by atoms with Gasteiger partial charge in [0.2, 0.25) is 0 Å². The van der Waals surface area contributed by atoms with Gasteiger partial charge in [-0.2, -0.15) is 0 Å². The zero-order valence-corrected chi connectivity index (χ0v) is 14.4. The number of benzene rings is 2. The predicted molar refractivity (Wildman–Crippen MR) is 91.7 cm³/mol. The van der Waals surface area contributed by atoms with Gasteiger partial charge in [0.15, 0.2) is 5.78 Å². The van der Waals surface area contributed by atoms with Gasteiger partial charge in [-0.3, -0.25) is 4.79 Å². The highest BCUT2D eigenvalue weighted by molar-refractivity contribution is 9.11. The summed E-state index contributed by atoms with van der Waals surface area (Å²) in [6, 6.07) is 13.8. The third-order valence-corrected chi connectivity index (χ3v) is 5.31. The molecule has 3 aromatic rings. The predicted octanol–water partition coefficient (Wildman–Crippen LogP) is 5.85. The van der Waals surface area contributed by atoms with E-state index in [1.807, 2.05) is 30.3 Å². The summed E-state index contributed by atoms with van der Waals surface area (Å²) in [6.45, 7) is 0. The zero-order chi connectivity index (χ0) is 14.1. The number of hydrogen-bond acceptors (Lipinski definition) is 2. The van der Waals surface area contributed by atoms with Gasteiger partial charge in [0.25, 0.3) is 0 Å². The van der Waals surface area contributed by atoms with E-state index in [-0.39, 0.29) is 5.78 Å². The molecule has 1 heterocycles. The summed E-state index contributed by atoms with van der Waals surface area (Å²) >= 11 is 8.54. The molecule has 0 spiro atoms. The quantitative estimate of drug-likeness (QED) is 0.495. The fourth-order valence-corrected chi connectivity index (χ4v) is 4.38. The summed E-state index contributed by atoms with van der Waals surface area (Å²) in [4.78, 5) is 12.4. The molecule has 0 saturated carbocycles. The van der Waals surface area contributed by atoms with E-state index in [0.717, 1.165) is 20.1 Å². The van der Waals surface area contributed by atoms with Crippen molar-refractivity contribution in [2.75, 3.05) is 0 Å². The second-order valence-corrected chi connectivity index (χ2v) is 7.16. The Kier molecular flexibility index (Phi) is 4.06. The smallest absolute Gasteiger partial charge is 0.168 e. The normalized spacial score (nSPS) is 10.9. The number of carbonyl (C=O) groups is 1. The molecule has 100 valence electrons. The molecule has 2 aromatic carbocycles. The summed E-state index contributed by atoms with van der Waals surface area (Å²) in [7, 11) is 0. The van der Waals surface area contributed by atoms with Gasteiger partial charge in [0, 0.05) is 25.6 Å². The van der Waals surface area contributed by atoms with Crippen LogP contribution in [0.1, 0.15) is 15.9 Å². The third-order valence-electron chi connectivity index (χ3n) is 3.14. The number of hydrogen-bond donors (Lipinski definition) is 0. The van der Waals surface area contributed by atoms with Crippen LogP contribution in [0, 0.1) is 0 Å². The van der Waals surface area contributed by atoms with Gasteiger partial charge in [-0.05, 0) is 40.6 Å². The van der Waals surface area contributed by atoms with E-state index in [1.165, 1.54) is 10.1 Å². The monoisotopic (exact) mass is 408 g/mol. The molecule has 0 unspecified atom stereocenters. The van der Waals surface area contributed by atoms with Crippen molar-refractivity contribution in [3.63, 3.8) is 0 Å². The van der Waals surface area contributed by atoms with Crippen molar-refractivity contribution in [1.82, 2.24) is 0 Å². The van der Waals surface area contributed by atoms with E-state index in [4.69, 9.17) is 0 Å². The van der Waals surface area contributed by atoms with Crippen molar-refractivity contribution >= 4 is 59.1 Å². The molecule has 3 rings (SSSR count). The van der Waals surface area contributed by atoms with Crippen LogP contribution < -0.4 is 0 Å². The molecule has 4 heteroatoms. The first kappa shape index (κ1) is 14.0. The maximum absolute atomic E-state index is 12.4. The highest BCUT2D eigenvalue weighted by atomic mass is 79.9. The lowest BCUT2D eigenvalue weighted by atomic mass is 10.0. The van der Waals surface area contributed by atoms with E-state index in [1.54, 1.807) is 11.3 Å². The molecule has 0 N–H and O–H groups in total. The average Bonchev–Trinajstić information content (AvgIpc) is 2.82. The van der Waals surface area contributed by atoms with Crippen LogP contribution in [-0.4, -0.2) is 5.78 Å². The van der Waals surface area contributed by atoms with Gasteiger partial charge in [0.1, 0.15) is 0 Å². The molecule has 0 aliphatic heterocycles. The maximum Gasteiger partial charge on any atom is 0.168 e. The molecule has 0 fully saturated rings. The first-order valence-electron chi connectivity index (χ1n) is 6.08. The van der Waals surface area contributed by atoms with Gasteiger partial charge in [-0.25, -0.2) is 0 Å². The number of carbonyl (C=O) groups excluding carboxylic acids is 1. The number of Topliss-reactive ketones (excluding diaryl/α,β-unsaturated/α-hetero) is 1. The van der Waals surface area contributed by atoms with Gasteiger partial charge < -0.3 is 0 Å². The molecule has 1 nitrogen and oxygen atoms in total. The minimum Gasteiger partial charge on any atom is -0.294 e. The molecule has 0 bridgehead atoms. The van der Waals surface area contributed by atoms with Gasteiger partial charge >= 0.3 is 0 Å². The van der Waals surface area contributed by atoms with Crippen LogP contribution in [0.4, 0.5) is 0 Å². The molecule has 0 saturated heterocycles. The number of rotatable bonds is 3. The second-order valence-electron chi connectivity index (χ2n) is 4.48. The maximum atomic E-state index is 12.4. The van der Waals surface area contributed by atoms with Crippen LogP contribution in [0.5, 0.6) is 0 Å². The van der Waals surface area contributed by atoms with E-state index < -0.39 is 0 Å². The SMILES string of the molecule is O=C(Cc1csc2ccccc12)c1ccc(Br)cc1Br. The third kappa shape index (κ3) is 2.73. The number of halogens is 2. The second kappa shape index (κ2) is 5.80. The molecular weight excluding hydrogens is 400 g/mol. The molecule has 1 aromatic heterocycles. The van der Waals surface area contributed by atoms with Crippen molar-refractivity contribution < 1.29 is 4.79 Å². The molecule has 0 aliphatic rings. The Morgan fingerprint density at radius 2 is 1.90 bits per heavy atom. The minimum atomic E-state index is 0.132. The van der Waals surface area contributed by atoms with Crippen molar-refractivity contribution in [3.05, 3.63) is 67.9 Å². The van der Waals surface area contributed by atoms with Crippen LogP contribution in [0.3, 0.4) is 0 Å². The molecule has 0 radical (unpaired) electrons. The highest BCUT2D eigenvalue weighted by Gasteiger charge is 2.13. The van der Waals surface area contributed by atoms with Crippen molar-refractivity contribution in [1.29, 1.82) is 0 Å². The Morgan fingerprint density at radius 3 is 2.70 bits per heavy atom. The fraction of sp³-hybridized carbons (Fsp3) is 0.0625. The summed E-state index contributed by atoms with van der Waals surface area (Å²) in [5, 5.41) is 3.26. The Morgan fingerprint density at radius 1 is 1.10 bits per heavy atom. The number of thiophene rings is 1. The Hall–Kier alpha value is -0.970. The number of ketones is 1. The van der Waals surface area contributed by atoms with Gasteiger partial charge in [-0.15, -0.1) is 11.3 Å². The van der Waals surface area contributed by atoms with Crippen molar-refractivity contribution in [3.8, 4) is 0 Å². The van der Waals surface area contributed by atoms with Crippen LogP contribution in [0.2, 0.25) is 0 Å². The molecule has 0 atom stereocenters. The zero-order valence-electron chi connectivity index (χ0n) is 10.4. The number of fused-ring (bicyclic) bond motifs is 1. The molecule has 20 heavy (non-hydrogen) atoms. The summed E-state index contributed by atoms with van der Waals surface area (Å²) in [6.07, 6.45) is 0.435. The van der Waals surface area contributed by atoms with E-state index in [2.05, 4.69) is 49.4 Å². The molecule has 0 amide bonds. The highest BCUT2D eigenvalue weighted by Crippen LogP contribution is 2.28. The van der Waals surface area contributed by atoms with Crippen molar-refractivity contribution in [2.45, 2.75) is 6.42 Å². The van der Waals surface area contributed by atoms with Crippen LogP contribution in [0.15, 0.2) is 56.8 Å². The largest absolute Gasteiger partial charge is 0.294 e. The standard InChI is InChI=1S/C16H10Br2OS/c17-11-5-6-13(14(18)8-11)15(19)7-10-9-20-16-4-2-1-3-12(10)16/h1-6,8-9H,7H2. The first-order valence-corrected chi connectivity index (χ1v) is 8.55. The fourth-order valence-electron chi connectivity index (χ4n) is 2.15. The lowest BCUT2D eigenvalue weighted by molar-refractivity contribution is 0.0992.